The lowest BCUT2D eigenvalue weighted by molar-refractivity contribution is -0.146. The molecule has 1 aromatic carbocycles. The molecule has 5 nitrogen and oxygen atoms in total. The van der Waals surface area contributed by atoms with E-state index >= 15 is 0 Å². The number of β-amino-alcohol motifs (C(OH)–C–C–N with tert-alkyl or cyclic N) is 1. The smallest absolute Gasteiger partial charge is 0.323 e. The van der Waals surface area contributed by atoms with Gasteiger partial charge in [0.15, 0.2) is 0 Å². The van der Waals surface area contributed by atoms with Gasteiger partial charge in [0.05, 0.1) is 20.3 Å². The van der Waals surface area contributed by atoms with Gasteiger partial charge in [0.1, 0.15) is 11.8 Å². The topological polar surface area (TPSA) is 59.0 Å². The van der Waals surface area contributed by atoms with Gasteiger partial charge in [-0.05, 0) is 6.07 Å². The molecule has 1 aliphatic rings. The first-order chi connectivity index (χ1) is 9.15. The number of likely N-dealkylation sites (tertiary alicyclic amines) is 1. The van der Waals surface area contributed by atoms with E-state index in [0.29, 0.717) is 19.5 Å². The standard InChI is InChI=1S/C14H19NO4/c1-18-13-6-4-3-5-10(13)8-15-9-11(16)7-12(15)14(17)19-2/h3-6,11-12,16H,7-9H2,1-2H3. The number of carbonyl (C=O) groups excluding carboxylic acids is 1. The molecule has 0 amide bonds. The van der Waals surface area contributed by atoms with Crippen molar-refractivity contribution in [2.75, 3.05) is 20.8 Å². The van der Waals surface area contributed by atoms with Gasteiger partial charge in [-0.15, -0.1) is 0 Å². The van der Waals surface area contributed by atoms with Crippen LogP contribution in [0.4, 0.5) is 0 Å². The number of methoxy groups -OCH3 is 2. The minimum absolute atomic E-state index is 0.300. The third-order valence-corrected chi connectivity index (χ3v) is 3.42. The summed E-state index contributed by atoms with van der Waals surface area (Å²) in [7, 11) is 2.99. The van der Waals surface area contributed by atoms with E-state index in [-0.39, 0.29) is 12.0 Å². The second-order valence-electron chi connectivity index (χ2n) is 4.67. The number of carbonyl (C=O) groups is 1. The van der Waals surface area contributed by atoms with Crippen LogP contribution in [-0.2, 0) is 16.1 Å². The Balaban J connectivity index is 2.14. The molecule has 1 aromatic rings. The Hall–Kier alpha value is -1.59. The highest BCUT2D eigenvalue weighted by Gasteiger charge is 2.36. The maximum Gasteiger partial charge on any atom is 0.323 e. The normalized spacial score (nSPS) is 23.3. The number of nitrogens with zero attached hydrogens (tertiary/aromatic N) is 1. The molecule has 5 heteroatoms. The molecule has 0 spiro atoms. The lowest BCUT2D eigenvalue weighted by Gasteiger charge is -2.22. The average molecular weight is 265 g/mol. The predicted octanol–water partition coefficient (Wildman–Crippen LogP) is 0.803. The highest BCUT2D eigenvalue weighted by Crippen LogP contribution is 2.25. The number of hydrogen-bond acceptors (Lipinski definition) is 5. The molecular formula is C14H19NO4. The van der Waals surface area contributed by atoms with E-state index in [4.69, 9.17) is 9.47 Å². The van der Waals surface area contributed by atoms with E-state index in [1.54, 1.807) is 7.11 Å². The average Bonchev–Trinajstić information content (AvgIpc) is 2.79. The largest absolute Gasteiger partial charge is 0.496 e. The molecule has 2 rings (SSSR count). The summed E-state index contributed by atoms with van der Waals surface area (Å²) in [5.41, 5.74) is 0.994. The summed E-state index contributed by atoms with van der Waals surface area (Å²) in [6.45, 7) is 1.03. The van der Waals surface area contributed by atoms with Crippen LogP contribution in [0.5, 0.6) is 5.75 Å². The van der Waals surface area contributed by atoms with Gasteiger partial charge in [-0.3, -0.25) is 9.69 Å². The number of hydrogen-bond donors (Lipinski definition) is 1. The van der Waals surface area contributed by atoms with Gasteiger partial charge in [0.25, 0.3) is 0 Å². The Kier molecular flexibility index (Phi) is 4.39. The lowest BCUT2D eigenvalue weighted by atomic mass is 10.1. The lowest BCUT2D eigenvalue weighted by Crippen LogP contribution is -2.36. The van der Waals surface area contributed by atoms with Crippen molar-refractivity contribution in [3.05, 3.63) is 29.8 Å². The molecule has 1 N–H and O–H groups in total. The second-order valence-corrected chi connectivity index (χ2v) is 4.67. The molecule has 1 fully saturated rings. The van der Waals surface area contributed by atoms with E-state index in [1.807, 2.05) is 29.2 Å². The number of esters is 1. The maximum atomic E-state index is 11.7. The summed E-state index contributed by atoms with van der Waals surface area (Å²) < 4.78 is 10.1. The van der Waals surface area contributed by atoms with E-state index in [1.165, 1.54) is 7.11 Å². The van der Waals surface area contributed by atoms with Crippen molar-refractivity contribution in [2.24, 2.45) is 0 Å². The summed E-state index contributed by atoms with van der Waals surface area (Å²) >= 11 is 0. The molecule has 0 radical (unpaired) electrons. The van der Waals surface area contributed by atoms with Gasteiger partial charge in [0, 0.05) is 25.1 Å². The molecule has 1 heterocycles. The second kappa shape index (κ2) is 6.04. The minimum Gasteiger partial charge on any atom is -0.496 e. The summed E-state index contributed by atoms with van der Waals surface area (Å²) in [5.74, 6) is 0.485. The van der Waals surface area contributed by atoms with E-state index in [9.17, 15) is 9.90 Å². The van der Waals surface area contributed by atoms with Crippen LogP contribution in [0.2, 0.25) is 0 Å². The van der Waals surface area contributed by atoms with Gasteiger partial charge < -0.3 is 14.6 Å². The Morgan fingerprint density at radius 1 is 1.42 bits per heavy atom. The van der Waals surface area contributed by atoms with Crippen LogP contribution in [-0.4, -0.2) is 48.9 Å². The van der Waals surface area contributed by atoms with Crippen LogP contribution in [0.25, 0.3) is 0 Å². The van der Waals surface area contributed by atoms with Crippen LogP contribution < -0.4 is 4.74 Å². The van der Waals surface area contributed by atoms with Crippen LogP contribution in [0.1, 0.15) is 12.0 Å². The molecule has 2 unspecified atom stereocenters. The predicted molar refractivity (Wildman–Crippen MR) is 69.8 cm³/mol. The van der Waals surface area contributed by atoms with Gasteiger partial charge >= 0.3 is 5.97 Å². The Morgan fingerprint density at radius 2 is 2.16 bits per heavy atom. The Bertz CT molecular complexity index is 449. The van der Waals surface area contributed by atoms with E-state index in [2.05, 4.69) is 0 Å². The third-order valence-electron chi connectivity index (χ3n) is 3.42. The maximum absolute atomic E-state index is 11.7. The van der Waals surface area contributed by atoms with Gasteiger partial charge in [-0.1, -0.05) is 18.2 Å². The first-order valence-corrected chi connectivity index (χ1v) is 6.27. The van der Waals surface area contributed by atoms with Gasteiger partial charge in [0.2, 0.25) is 0 Å². The molecular weight excluding hydrogens is 246 g/mol. The molecule has 19 heavy (non-hydrogen) atoms. The number of aliphatic hydroxyl groups is 1. The zero-order valence-corrected chi connectivity index (χ0v) is 11.2. The van der Waals surface area contributed by atoms with Crippen molar-refractivity contribution < 1.29 is 19.4 Å². The van der Waals surface area contributed by atoms with E-state index in [0.717, 1.165) is 11.3 Å². The molecule has 1 saturated heterocycles. The summed E-state index contributed by atoms with van der Waals surface area (Å²) in [5, 5.41) is 9.74. The number of ether oxygens (including phenoxy) is 2. The Morgan fingerprint density at radius 3 is 2.84 bits per heavy atom. The number of para-hydroxylation sites is 1. The fourth-order valence-corrected chi connectivity index (χ4v) is 2.49. The van der Waals surface area contributed by atoms with Crippen LogP contribution in [0, 0.1) is 0 Å². The van der Waals surface area contributed by atoms with Gasteiger partial charge in [-0.25, -0.2) is 0 Å². The molecule has 1 aliphatic heterocycles. The van der Waals surface area contributed by atoms with Crippen molar-refractivity contribution in [3.63, 3.8) is 0 Å². The molecule has 0 bridgehead atoms. The molecule has 0 aliphatic carbocycles. The summed E-state index contributed by atoms with van der Waals surface area (Å²) in [6.07, 6.45) is -0.0687. The third kappa shape index (κ3) is 3.05. The van der Waals surface area contributed by atoms with Crippen molar-refractivity contribution >= 4 is 5.97 Å². The summed E-state index contributed by atoms with van der Waals surface area (Å²) in [6, 6.07) is 7.29. The molecule has 0 saturated carbocycles. The molecule has 0 aromatic heterocycles. The first-order valence-electron chi connectivity index (χ1n) is 6.27. The first kappa shape index (κ1) is 13.8. The fourth-order valence-electron chi connectivity index (χ4n) is 2.49. The zero-order chi connectivity index (χ0) is 13.8. The van der Waals surface area contributed by atoms with Crippen molar-refractivity contribution in [3.8, 4) is 5.75 Å². The van der Waals surface area contributed by atoms with Crippen molar-refractivity contribution in [1.29, 1.82) is 0 Å². The van der Waals surface area contributed by atoms with Crippen molar-refractivity contribution in [1.82, 2.24) is 4.90 Å². The number of rotatable bonds is 4. The number of aliphatic hydroxyl groups excluding tert-OH is 1. The zero-order valence-electron chi connectivity index (χ0n) is 11.2. The highest BCUT2D eigenvalue weighted by atomic mass is 16.5. The Labute approximate surface area is 112 Å². The monoisotopic (exact) mass is 265 g/mol. The molecule has 2 atom stereocenters. The quantitative estimate of drug-likeness (QED) is 0.816. The highest BCUT2D eigenvalue weighted by molar-refractivity contribution is 5.76. The SMILES string of the molecule is COC(=O)C1CC(O)CN1Cc1ccccc1OC. The fraction of sp³-hybridized carbons (Fsp3) is 0.500. The van der Waals surface area contributed by atoms with Crippen LogP contribution in [0.3, 0.4) is 0 Å². The van der Waals surface area contributed by atoms with Gasteiger partial charge in [-0.2, -0.15) is 0 Å². The number of benzene rings is 1. The molecule has 104 valence electrons. The van der Waals surface area contributed by atoms with Crippen LogP contribution >= 0.6 is 0 Å². The van der Waals surface area contributed by atoms with E-state index < -0.39 is 6.10 Å². The van der Waals surface area contributed by atoms with Crippen molar-refractivity contribution in [2.45, 2.75) is 25.1 Å². The minimum atomic E-state index is -0.487. The summed E-state index contributed by atoms with van der Waals surface area (Å²) in [4.78, 5) is 13.6. The van der Waals surface area contributed by atoms with Crippen LogP contribution in [0.15, 0.2) is 24.3 Å².